The van der Waals surface area contributed by atoms with E-state index in [2.05, 4.69) is 0 Å². The van der Waals surface area contributed by atoms with Crippen molar-refractivity contribution < 1.29 is 28.9 Å². The predicted molar refractivity (Wildman–Crippen MR) is 103 cm³/mol. The van der Waals surface area contributed by atoms with Crippen LogP contribution in [0.15, 0.2) is 48.5 Å². The number of carboxylic acid groups (broad SMARTS) is 1. The van der Waals surface area contributed by atoms with E-state index in [1.165, 1.54) is 4.90 Å². The zero-order valence-electron chi connectivity index (χ0n) is 15.8. The smallest absolute Gasteiger partial charge is 0.327 e. The Balaban J connectivity index is 1.54. The van der Waals surface area contributed by atoms with Gasteiger partial charge in [0.2, 0.25) is 5.91 Å². The van der Waals surface area contributed by atoms with E-state index in [4.69, 9.17) is 14.2 Å². The van der Waals surface area contributed by atoms with Crippen LogP contribution in [-0.4, -0.2) is 43.9 Å². The minimum atomic E-state index is -1.00. The van der Waals surface area contributed by atoms with E-state index >= 15 is 0 Å². The third-order valence-electron chi connectivity index (χ3n) is 4.81. The lowest BCUT2D eigenvalue weighted by molar-refractivity contribution is -0.149. The number of carbonyl (C=O) groups excluding carboxylic acids is 1. The van der Waals surface area contributed by atoms with Crippen molar-refractivity contribution in [2.45, 2.75) is 18.9 Å². The van der Waals surface area contributed by atoms with Gasteiger partial charge >= 0.3 is 5.97 Å². The second-order valence-electron chi connectivity index (χ2n) is 6.46. The van der Waals surface area contributed by atoms with Crippen molar-refractivity contribution in [2.24, 2.45) is 5.92 Å². The Hall–Kier alpha value is -3.22. The fraction of sp³-hybridized carbons (Fsp3) is 0.333. The summed E-state index contributed by atoms with van der Waals surface area (Å²) in [6.07, 6.45) is 1.04. The molecule has 0 unspecified atom stereocenters. The molecule has 148 valence electrons. The number of carbonyl (C=O) groups is 2. The van der Waals surface area contributed by atoms with E-state index in [-0.39, 0.29) is 5.91 Å². The molecule has 0 aliphatic carbocycles. The first-order valence-corrected chi connectivity index (χ1v) is 9.02. The Morgan fingerprint density at radius 2 is 1.50 bits per heavy atom. The van der Waals surface area contributed by atoms with Gasteiger partial charge in [0.25, 0.3) is 0 Å². The number of nitrogens with zero attached hydrogens (tertiary/aromatic N) is 1. The Morgan fingerprint density at radius 3 is 2.04 bits per heavy atom. The number of hydrogen-bond donors (Lipinski definition) is 1. The van der Waals surface area contributed by atoms with Gasteiger partial charge in [-0.05, 0) is 61.4 Å². The number of carboxylic acids is 1. The van der Waals surface area contributed by atoms with Crippen LogP contribution >= 0.6 is 0 Å². The van der Waals surface area contributed by atoms with E-state index < -0.39 is 17.9 Å². The molecule has 0 bridgehead atoms. The Bertz CT molecular complexity index is 818. The first-order chi connectivity index (χ1) is 13.5. The number of ether oxygens (including phenoxy) is 3. The van der Waals surface area contributed by atoms with Gasteiger partial charge < -0.3 is 19.3 Å². The summed E-state index contributed by atoms with van der Waals surface area (Å²) >= 11 is 0. The van der Waals surface area contributed by atoms with E-state index in [0.29, 0.717) is 36.6 Å². The molecule has 2 atom stereocenters. The van der Waals surface area contributed by atoms with Crippen molar-refractivity contribution in [3.63, 3.8) is 0 Å². The van der Waals surface area contributed by atoms with Gasteiger partial charge in [0.15, 0.2) is 0 Å². The van der Waals surface area contributed by atoms with Gasteiger partial charge in [-0.1, -0.05) is 0 Å². The van der Waals surface area contributed by atoms with Gasteiger partial charge in [-0.2, -0.15) is 0 Å². The second-order valence-corrected chi connectivity index (χ2v) is 6.46. The molecule has 0 radical (unpaired) electrons. The van der Waals surface area contributed by atoms with Gasteiger partial charge in [0, 0.05) is 5.69 Å². The van der Waals surface area contributed by atoms with Crippen molar-refractivity contribution in [1.29, 1.82) is 0 Å². The largest absolute Gasteiger partial charge is 0.497 e. The number of hydrogen-bond acceptors (Lipinski definition) is 5. The van der Waals surface area contributed by atoms with Crippen molar-refractivity contribution in [2.75, 3.05) is 25.7 Å². The lowest BCUT2D eigenvalue weighted by atomic mass is 9.83. The number of benzene rings is 2. The van der Waals surface area contributed by atoms with E-state index in [1.807, 2.05) is 0 Å². The quantitative estimate of drug-likeness (QED) is 0.528. The maximum atomic E-state index is 12.5. The second kappa shape index (κ2) is 8.65. The van der Waals surface area contributed by atoms with Crippen molar-refractivity contribution in [3.8, 4) is 17.2 Å². The number of β-lactam (4-membered cyclic amide) rings is 1. The average molecular weight is 385 g/mol. The first-order valence-electron chi connectivity index (χ1n) is 9.02. The van der Waals surface area contributed by atoms with Gasteiger partial charge in [-0.3, -0.25) is 9.69 Å². The molecule has 1 N–H and O–H groups in total. The lowest BCUT2D eigenvalue weighted by Crippen LogP contribution is -2.64. The molecule has 1 heterocycles. The summed E-state index contributed by atoms with van der Waals surface area (Å²) in [4.78, 5) is 25.6. The van der Waals surface area contributed by atoms with E-state index in [9.17, 15) is 14.7 Å². The molecule has 28 heavy (non-hydrogen) atoms. The van der Waals surface area contributed by atoms with Crippen LogP contribution in [0.5, 0.6) is 17.2 Å². The summed E-state index contributed by atoms with van der Waals surface area (Å²) in [6, 6.07) is 13.1. The molecule has 1 aliphatic heterocycles. The molecule has 1 amide bonds. The minimum Gasteiger partial charge on any atom is -0.497 e. The van der Waals surface area contributed by atoms with Crippen molar-refractivity contribution >= 4 is 17.6 Å². The maximum Gasteiger partial charge on any atom is 0.327 e. The van der Waals surface area contributed by atoms with Gasteiger partial charge in [-0.25, -0.2) is 4.79 Å². The molecule has 0 spiro atoms. The number of anilines is 1. The summed E-state index contributed by atoms with van der Waals surface area (Å²) in [5, 5.41) is 9.58. The van der Waals surface area contributed by atoms with Gasteiger partial charge in [0.1, 0.15) is 23.3 Å². The highest BCUT2D eigenvalue weighted by molar-refractivity contribution is 6.10. The van der Waals surface area contributed by atoms with Gasteiger partial charge in [0.05, 0.1) is 26.7 Å². The molecule has 2 aromatic rings. The van der Waals surface area contributed by atoms with Gasteiger partial charge in [-0.15, -0.1) is 0 Å². The molecule has 7 nitrogen and oxygen atoms in total. The molecule has 3 rings (SSSR count). The molecular formula is C21H23NO6. The fourth-order valence-corrected chi connectivity index (χ4v) is 3.31. The normalized spacial score (nSPS) is 18.4. The third-order valence-corrected chi connectivity index (χ3v) is 4.81. The van der Waals surface area contributed by atoms with E-state index in [1.54, 1.807) is 62.8 Å². The zero-order chi connectivity index (χ0) is 20.1. The molecule has 1 fully saturated rings. The molecule has 0 aromatic heterocycles. The molecule has 0 saturated carbocycles. The summed E-state index contributed by atoms with van der Waals surface area (Å²) in [5.41, 5.74) is 0.559. The highest BCUT2D eigenvalue weighted by Gasteiger charge is 2.51. The SMILES string of the molecule is COc1ccc(OCCC[C@@H]2C(=O)N(c3ccc(OC)cc3)[C@H]2C(=O)O)cc1. The van der Waals surface area contributed by atoms with Crippen LogP contribution in [0.25, 0.3) is 0 Å². The van der Waals surface area contributed by atoms with Crippen LogP contribution in [0.2, 0.25) is 0 Å². The Kier molecular flexibility index (Phi) is 6.03. The van der Waals surface area contributed by atoms with Crippen LogP contribution in [0, 0.1) is 5.92 Å². The van der Waals surface area contributed by atoms with Crippen LogP contribution < -0.4 is 19.1 Å². The molecule has 1 saturated heterocycles. The molecule has 7 heteroatoms. The topological polar surface area (TPSA) is 85.3 Å². The Labute approximate surface area is 163 Å². The van der Waals surface area contributed by atoms with Crippen LogP contribution in [-0.2, 0) is 9.59 Å². The number of rotatable bonds is 9. The summed E-state index contributed by atoms with van der Waals surface area (Å²) in [5.74, 6) is 0.374. The molecular weight excluding hydrogens is 362 g/mol. The highest BCUT2D eigenvalue weighted by Crippen LogP contribution is 2.36. The number of aliphatic carboxylic acids is 1. The zero-order valence-corrected chi connectivity index (χ0v) is 15.8. The standard InChI is InChI=1S/C21H23NO6/c1-26-15-7-5-14(6-8-15)22-19(21(24)25)18(20(22)23)4-3-13-28-17-11-9-16(27-2)10-12-17/h5-12,18-19H,3-4,13H2,1-2H3,(H,24,25)/t18-,19+/m0/s1. The lowest BCUT2D eigenvalue weighted by Gasteiger charge is -2.44. The number of amides is 1. The summed E-state index contributed by atoms with van der Waals surface area (Å²) < 4.78 is 15.8. The van der Waals surface area contributed by atoms with Crippen molar-refractivity contribution in [1.82, 2.24) is 0 Å². The first kappa shape index (κ1) is 19.5. The monoisotopic (exact) mass is 385 g/mol. The predicted octanol–water partition coefficient (Wildman–Crippen LogP) is 2.98. The van der Waals surface area contributed by atoms with Crippen LogP contribution in [0.4, 0.5) is 5.69 Å². The van der Waals surface area contributed by atoms with Crippen molar-refractivity contribution in [3.05, 3.63) is 48.5 Å². The van der Waals surface area contributed by atoms with Crippen LogP contribution in [0.1, 0.15) is 12.8 Å². The highest BCUT2D eigenvalue weighted by atomic mass is 16.5. The number of methoxy groups -OCH3 is 2. The summed E-state index contributed by atoms with van der Waals surface area (Å²) in [6.45, 7) is 0.408. The van der Waals surface area contributed by atoms with Crippen LogP contribution in [0.3, 0.4) is 0 Å². The fourth-order valence-electron chi connectivity index (χ4n) is 3.31. The third kappa shape index (κ3) is 4.03. The average Bonchev–Trinajstić information content (AvgIpc) is 2.72. The maximum absolute atomic E-state index is 12.5. The minimum absolute atomic E-state index is 0.179. The molecule has 2 aromatic carbocycles. The Morgan fingerprint density at radius 1 is 0.964 bits per heavy atom. The summed E-state index contributed by atoms with van der Waals surface area (Å²) in [7, 11) is 3.15. The molecule has 1 aliphatic rings. The van der Waals surface area contributed by atoms with E-state index in [0.717, 1.165) is 5.75 Å².